The third kappa shape index (κ3) is 3.68. The Labute approximate surface area is 158 Å². The van der Waals surface area contributed by atoms with Crippen molar-refractivity contribution in [3.05, 3.63) is 35.4 Å². The molecule has 0 amide bonds. The number of nitrogens with two attached hydrogens (primary N) is 1. The number of fused-ring (bicyclic) bond motifs is 1. The molecule has 1 heterocycles. The molecule has 0 spiro atoms. The Hall–Kier alpha value is -2.80. The first-order chi connectivity index (χ1) is 13.1. The first-order valence-corrected chi connectivity index (χ1v) is 8.69. The summed E-state index contributed by atoms with van der Waals surface area (Å²) in [5, 5.41) is 0. The van der Waals surface area contributed by atoms with Crippen LogP contribution in [0, 0.1) is 0 Å². The molecule has 2 N–H and O–H groups in total. The van der Waals surface area contributed by atoms with Crippen LogP contribution in [0.25, 0.3) is 0 Å². The van der Waals surface area contributed by atoms with E-state index in [-0.39, 0.29) is 12.7 Å². The van der Waals surface area contributed by atoms with Crippen LogP contribution in [0.1, 0.15) is 24.0 Å². The van der Waals surface area contributed by atoms with Gasteiger partial charge < -0.3 is 34.2 Å². The van der Waals surface area contributed by atoms with Crippen molar-refractivity contribution in [3.63, 3.8) is 0 Å². The maximum Gasteiger partial charge on any atom is 0.231 e. The van der Waals surface area contributed by atoms with Gasteiger partial charge in [-0.25, -0.2) is 0 Å². The van der Waals surface area contributed by atoms with Gasteiger partial charge in [0.25, 0.3) is 0 Å². The Balaban J connectivity index is 2.06. The van der Waals surface area contributed by atoms with Crippen LogP contribution in [0.5, 0.6) is 34.5 Å². The molecule has 0 fully saturated rings. The topological polar surface area (TPSA) is 81.4 Å². The summed E-state index contributed by atoms with van der Waals surface area (Å²) in [5.41, 5.74) is 7.55. The molecule has 0 unspecified atom stereocenters. The van der Waals surface area contributed by atoms with Crippen LogP contribution in [0.4, 0.5) is 0 Å². The molecule has 0 aromatic heterocycles. The molecule has 7 heteroatoms. The quantitative estimate of drug-likeness (QED) is 0.760. The fourth-order valence-corrected chi connectivity index (χ4v) is 3.10. The van der Waals surface area contributed by atoms with Crippen LogP contribution in [-0.2, 0) is 0 Å². The lowest BCUT2D eigenvalue weighted by Crippen LogP contribution is -2.12. The highest BCUT2D eigenvalue weighted by atomic mass is 16.7. The van der Waals surface area contributed by atoms with Crippen molar-refractivity contribution in [2.75, 3.05) is 41.3 Å². The van der Waals surface area contributed by atoms with Crippen LogP contribution in [-0.4, -0.2) is 41.3 Å². The van der Waals surface area contributed by atoms with E-state index in [2.05, 4.69) is 6.92 Å². The summed E-state index contributed by atoms with van der Waals surface area (Å²) in [7, 11) is 4.78. The van der Waals surface area contributed by atoms with Gasteiger partial charge in [0.15, 0.2) is 23.0 Å². The maximum atomic E-state index is 5.86. The SMILES string of the molecule is COc1cc([C@@H](C)c2cc3c(cc2OCCN)OCO3)cc(OC)c1OC. The second-order valence-corrected chi connectivity index (χ2v) is 6.06. The number of ether oxygens (including phenoxy) is 6. The molecule has 27 heavy (non-hydrogen) atoms. The lowest BCUT2D eigenvalue weighted by molar-refractivity contribution is 0.173. The van der Waals surface area contributed by atoms with Crippen LogP contribution in [0.2, 0.25) is 0 Å². The minimum Gasteiger partial charge on any atom is -0.493 e. The zero-order valence-electron chi connectivity index (χ0n) is 16.0. The summed E-state index contributed by atoms with van der Waals surface area (Å²) < 4.78 is 33.2. The molecule has 0 aliphatic carbocycles. The molecule has 2 aromatic carbocycles. The van der Waals surface area contributed by atoms with Gasteiger partial charge in [-0.3, -0.25) is 0 Å². The van der Waals surface area contributed by atoms with Gasteiger partial charge in [0.2, 0.25) is 12.5 Å². The van der Waals surface area contributed by atoms with E-state index in [1.54, 1.807) is 21.3 Å². The molecule has 1 aliphatic rings. The molecule has 3 rings (SSSR count). The van der Waals surface area contributed by atoms with Crippen molar-refractivity contribution >= 4 is 0 Å². The van der Waals surface area contributed by atoms with Crippen molar-refractivity contribution in [1.82, 2.24) is 0 Å². The van der Waals surface area contributed by atoms with E-state index in [0.29, 0.717) is 47.6 Å². The fraction of sp³-hybridized carbons (Fsp3) is 0.400. The smallest absolute Gasteiger partial charge is 0.231 e. The van der Waals surface area contributed by atoms with Crippen LogP contribution in [0.15, 0.2) is 24.3 Å². The molecule has 7 nitrogen and oxygen atoms in total. The van der Waals surface area contributed by atoms with Crippen LogP contribution >= 0.6 is 0 Å². The first kappa shape index (κ1) is 19.0. The Kier molecular flexibility index (Phi) is 5.81. The Morgan fingerprint density at radius 1 is 0.926 bits per heavy atom. The predicted molar refractivity (Wildman–Crippen MR) is 101 cm³/mol. The van der Waals surface area contributed by atoms with Gasteiger partial charge in [-0.05, 0) is 23.8 Å². The van der Waals surface area contributed by atoms with Gasteiger partial charge in [0, 0.05) is 24.1 Å². The van der Waals surface area contributed by atoms with E-state index in [0.717, 1.165) is 11.1 Å². The summed E-state index contributed by atoms with van der Waals surface area (Å²) in [4.78, 5) is 0. The molecular weight excluding hydrogens is 350 g/mol. The van der Waals surface area contributed by atoms with Crippen LogP contribution < -0.4 is 34.2 Å². The van der Waals surface area contributed by atoms with Crippen molar-refractivity contribution in [2.45, 2.75) is 12.8 Å². The van der Waals surface area contributed by atoms with E-state index in [1.807, 2.05) is 24.3 Å². The normalized spacial score (nSPS) is 13.2. The summed E-state index contributed by atoms with van der Waals surface area (Å²) in [6.45, 7) is 3.11. The summed E-state index contributed by atoms with van der Waals surface area (Å²) in [6.07, 6.45) is 0. The number of hydrogen-bond donors (Lipinski definition) is 1. The van der Waals surface area contributed by atoms with Crippen LogP contribution in [0.3, 0.4) is 0 Å². The molecule has 0 bridgehead atoms. The van der Waals surface area contributed by atoms with E-state index in [9.17, 15) is 0 Å². The van der Waals surface area contributed by atoms with E-state index in [4.69, 9.17) is 34.2 Å². The maximum absolute atomic E-state index is 5.86. The second-order valence-electron chi connectivity index (χ2n) is 6.06. The van der Waals surface area contributed by atoms with Gasteiger partial charge in [0.05, 0.1) is 21.3 Å². The Morgan fingerprint density at radius 3 is 2.11 bits per heavy atom. The highest BCUT2D eigenvalue weighted by Gasteiger charge is 2.24. The number of methoxy groups -OCH3 is 3. The molecule has 0 radical (unpaired) electrons. The Bertz CT molecular complexity index is 782. The van der Waals surface area contributed by atoms with Crippen molar-refractivity contribution in [3.8, 4) is 34.5 Å². The Morgan fingerprint density at radius 2 is 1.56 bits per heavy atom. The lowest BCUT2D eigenvalue weighted by Gasteiger charge is -2.20. The molecule has 1 aliphatic heterocycles. The minimum absolute atomic E-state index is 0.0269. The van der Waals surface area contributed by atoms with Crippen molar-refractivity contribution < 1.29 is 28.4 Å². The minimum atomic E-state index is -0.0269. The third-order valence-electron chi connectivity index (χ3n) is 4.53. The molecular formula is C20H25NO6. The molecule has 146 valence electrons. The number of hydrogen-bond acceptors (Lipinski definition) is 7. The predicted octanol–water partition coefficient (Wildman–Crippen LogP) is 2.93. The zero-order valence-corrected chi connectivity index (χ0v) is 16.0. The molecule has 1 atom stereocenters. The van der Waals surface area contributed by atoms with Gasteiger partial charge in [-0.15, -0.1) is 0 Å². The summed E-state index contributed by atoms with van der Waals surface area (Å²) in [5.74, 6) is 3.81. The van der Waals surface area contributed by atoms with Gasteiger partial charge in [-0.2, -0.15) is 0 Å². The molecule has 0 saturated heterocycles. The highest BCUT2D eigenvalue weighted by Crippen LogP contribution is 2.45. The third-order valence-corrected chi connectivity index (χ3v) is 4.53. The van der Waals surface area contributed by atoms with E-state index in [1.165, 1.54) is 0 Å². The monoisotopic (exact) mass is 375 g/mol. The summed E-state index contributed by atoms with van der Waals surface area (Å²) >= 11 is 0. The second kappa shape index (κ2) is 8.26. The average molecular weight is 375 g/mol. The average Bonchev–Trinajstić information content (AvgIpc) is 3.17. The van der Waals surface area contributed by atoms with E-state index >= 15 is 0 Å². The van der Waals surface area contributed by atoms with Crippen molar-refractivity contribution in [1.29, 1.82) is 0 Å². The zero-order chi connectivity index (χ0) is 19.4. The molecule has 0 saturated carbocycles. The first-order valence-electron chi connectivity index (χ1n) is 8.69. The van der Waals surface area contributed by atoms with Gasteiger partial charge in [0.1, 0.15) is 12.4 Å². The standard InChI is InChI=1S/C20H25NO6/c1-12(13-7-18(22-2)20(24-4)19(8-13)23-3)14-9-16-17(27-11-26-16)10-15(14)25-6-5-21/h7-10,12H,5-6,11,21H2,1-4H3/t12-/m1/s1. The number of rotatable bonds is 8. The van der Waals surface area contributed by atoms with E-state index < -0.39 is 0 Å². The fourth-order valence-electron chi connectivity index (χ4n) is 3.10. The van der Waals surface area contributed by atoms with Gasteiger partial charge >= 0.3 is 0 Å². The highest BCUT2D eigenvalue weighted by molar-refractivity contribution is 5.58. The van der Waals surface area contributed by atoms with Gasteiger partial charge in [-0.1, -0.05) is 6.92 Å². The largest absolute Gasteiger partial charge is 0.493 e. The van der Waals surface area contributed by atoms with Crippen molar-refractivity contribution in [2.24, 2.45) is 5.73 Å². The lowest BCUT2D eigenvalue weighted by atomic mass is 9.91. The number of benzene rings is 2. The summed E-state index contributed by atoms with van der Waals surface area (Å²) in [6, 6.07) is 7.66. The molecule has 2 aromatic rings.